The van der Waals surface area contributed by atoms with Gasteiger partial charge in [-0.3, -0.25) is 4.79 Å². The van der Waals surface area contributed by atoms with Gasteiger partial charge in [-0.25, -0.2) is 0 Å². The van der Waals surface area contributed by atoms with Gasteiger partial charge in [0.2, 0.25) is 5.91 Å². The lowest BCUT2D eigenvalue weighted by atomic mass is 10.2. The van der Waals surface area contributed by atoms with Gasteiger partial charge in [-0.1, -0.05) is 36.8 Å². The molecule has 1 aromatic rings. The van der Waals surface area contributed by atoms with E-state index in [0.29, 0.717) is 18.3 Å². The molecule has 0 bridgehead atoms. The van der Waals surface area contributed by atoms with Crippen LogP contribution in [-0.2, 0) is 10.5 Å². The Kier molecular flexibility index (Phi) is 7.60. The van der Waals surface area contributed by atoms with Crippen molar-refractivity contribution >= 4 is 17.7 Å². The molecule has 0 saturated carbocycles. The molecule has 1 amide bonds. The van der Waals surface area contributed by atoms with E-state index in [0.717, 1.165) is 12.3 Å². The van der Waals surface area contributed by atoms with Crippen LogP contribution >= 0.6 is 11.8 Å². The van der Waals surface area contributed by atoms with Gasteiger partial charge < -0.3 is 10.6 Å². The van der Waals surface area contributed by atoms with Crippen LogP contribution in [0.5, 0.6) is 0 Å². The van der Waals surface area contributed by atoms with E-state index < -0.39 is 0 Å². The summed E-state index contributed by atoms with van der Waals surface area (Å²) >= 11 is 1.66. The fourth-order valence-electron chi connectivity index (χ4n) is 1.80. The fourth-order valence-corrected chi connectivity index (χ4v) is 2.61. The number of hydrogen-bond donors (Lipinski definition) is 2. The van der Waals surface area contributed by atoms with E-state index in [2.05, 4.69) is 55.7 Å². The third kappa shape index (κ3) is 7.23. The molecule has 1 rings (SSSR count). The summed E-state index contributed by atoms with van der Waals surface area (Å²) in [7, 11) is 0. The molecule has 2 N–H and O–H groups in total. The van der Waals surface area contributed by atoms with Gasteiger partial charge in [-0.2, -0.15) is 0 Å². The molecule has 1 aromatic carbocycles. The van der Waals surface area contributed by atoms with E-state index in [1.54, 1.807) is 11.8 Å². The van der Waals surface area contributed by atoms with E-state index in [4.69, 9.17) is 0 Å². The third-order valence-electron chi connectivity index (χ3n) is 2.74. The number of carbonyl (C=O) groups is 1. The molecule has 0 heterocycles. The second kappa shape index (κ2) is 8.99. The second-order valence-corrected chi connectivity index (χ2v) is 5.73. The summed E-state index contributed by atoms with van der Waals surface area (Å²) in [6, 6.07) is 8.74. The zero-order chi connectivity index (χ0) is 14.1. The Morgan fingerprint density at radius 1 is 1.42 bits per heavy atom. The van der Waals surface area contributed by atoms with Gasteiger partial charge in [0.25, 0.3) is 0 Å². The normalized spacial score (nSPS) is 12.2. The molecule has 1 atom stereocenters. The Balaban J connectivity index is 2.17. The first-order valence-electron chi connectivity index (χ1n) is 6.75. The molecular formula is C15H24N2OS. The number of nitrogens with one attached hydrogen (secondary N) is 2. The molecule has 0 aromatic heterocycles. The van der Waals surface area contributed by atoms with Gasteiger partial charge in [0, 0.05) is 18.3 Å². The van der Waals surface area contributed by atoms with Crippen LogP contribution in [0, 0.1) is 6.92 Å². The van der Waals surface area contributed by atoms with Gasteiger partial charge in [0.05, 0.1) is 5.75 Å². The number of carbonyl (C=O) groups excluding carboxylic acids is 1. The van der Waals surface area contributed by atoms with E-state index in [1.807, 2.05) is 0 Å². The van der Waals surface area contributed by atoms with Crippen LogP contribution in [-0.4, -0.2) is 30.8 Å². The summed E-state index contributed by atoms with van der Waals surface area (Å²) in [6.07, 6.45) is 0. The number of rotatable bonds is 8. The van der Waals surface area contributed by atoms with Crippen LogP contribution in [0.3, 0.4) is 0 Å². The van der Waals surface area contributed by atoms with Gasteiger partial charge in [-0.15, -0.1) is 11.8 Å². The number of benzene rings is 1. The van der Waals surface area contributed by atoms with Gasteiger partial charge in [-0.05, 0) is 26.0 Å². The smallest absolute Gasteiger partial charge is 0.230 e. The van der Waals surface area contributed by atoms with Crippen molar-refractivity contribution in [3.05, 3.63) is 35.4 Å². The minimum Gasteiger partial charge on any atom is -0.354 e. The maximum atomic E-state index is 11.6. The third-order valence-corrected chi connectivity index (χ3v) is 3.75. The quantitative estimate of drug-likeness (QED) is 0.768. The molecule has 0 unspecified atom stereocenters. The number of thioether (sulfide) groups is 1. The lowest BCUT2D eigenvalue weighted by Gasteiger charge is -2.13. The van der Waals surface area contributed by atoms with Crippen molar-refractivity contribution in [2.24, 2.45) is 0 Å². The van der Waals surface area contributed by atoms with E-state index in [-0.39, 0.29) is 5.91 Å². The Hall–Kier alpha value is -1.00. The molecule has 106 valence electrons. The molecule has 4 heteroatoms. The lowest BCUT2D eigenvalue weighted by Crippen LogP contribution is -2.39. The first-order chi connectivity index (χ1) is 9.11. The predicted octanol–water partition coefficient (Wildman–Crippen LogP) is 2.34. The highest BCUT2D eigenvalue weighted by Crippen LogP contribution is 2.13. The lowest BCUT2D eigenvalue weighted by molar-refractivity contribution is -0.118. The Labute approximate surface area is 120 Å². The zero-order valence-corrected chi connectivity index (χ0v) is 12.8. The van der Waals surface area contributed by atoms with Gasteiger partial charge >= 0.3 is 0 Å². The van der Waals surface area contributed by atoms with Gasteiger partial charge in [0.15, 0.2) is 0 Å². The summed E-state index contributed by atoms with van der Waals surface area (Å²) in [5.74, 6) is 1.52. The van der Waals surface area contributed by atoms with Crippen LogP contribution in [0.2, 0.25) is 0 Å². The molecule has 0 aliphatic rings. The van der Waals surface area contributed by atoms with Crippen molar-refractivity contribution in [3.8, 4) is 0 Å². The summed E-state index contributed by atoms with van der Waals surface area (Å²) in [5, 5.41) is 6.21. The average molecular weight is 280 g/mol. The van der Waals surface area contributed by atoms with Gasteiger partial charge in [0.1, 0.15) is 0 Å². The number of likely N-dealkylation sites (N-methyl/N-ethyl adjacent to an activating group) is 1. The monoisotopic (exact) mass is 280 g/mol. The van der Waals surface area contributed by atoms with Crippen LogP contribution in [0.25, 0.3) is 0 Å². The number of aryl methyl sites for hydroxylation is 1. The van der Waals surface area contributed by atoms with Crippen LogP contribution in [0.4, 0.5) is 0 Å². The molecule has 0 fully saturated rings. The fraction of sp³-hybridized carbons (Fsp3) is 0.533. The minimum absolute atomic E-state index is 0.113. The van der Waals surface area contributed by atoms with Crippen molar-refractivity contribution < 1.29 is 4.79 Å². The van der Waals surface area contributed by atoms with Crippen molar-refractivity contribution in [1.82, 2.24) is 10.6 Å². The highest BCUT2D eigenvalue weighted by Gasteiger charge is 2.04. The Morgan fingerprint density at radius 2 is 2.21 bits per heavy atom. The van der Waals surface area contributed by atoms with Crippen LogP contribution in [0.15, 0.2) is 24.3 Å². The zero-order valence-electron chi connectivity index (χ0n) is 12.0. The predicted molar refractivity (Wildman–Crippen MR) is 83.5 cm³/mol. The second-order valence-electron chi connectivity index (χ2n) is 4.74. The maximum absolute atomic E-state index is 11.6. The van der Waals surface area contributed by atoms with Crippen LogP contribution < -0.4 is 10.6 Å². The van der Waals surface area contributed by atoms with Crippen LogP contribution in [0.1, 0.15) is 25.0 Å². The average Bonchev–Trinajstić information content (AvgIpc) is 2.37. The molecule has 19 heavy (non-hydrogen) atoms. The largest absolute Gasteiger partial charge is 0.354 e. The topological polar surface area (TPSA) is 41.1 Å². The first-order valence-corrected chi connectivity index (χ1v) is 7.90. The number of amides is 1. The molecule has 0 spiro atoms. The minimum atomic E-state index is 0.113. The highest BCUT2D eigenvalue weighted by atomic mass is 32.2. The summed E-state index contributed by atoms with van der Waals surface area (Å²) in [5.41, 5.74) is 2.54. The molecule has 0 aliphatic carbocycles. The van der Waals surface area contributed by atoms with Crippen molar-refractivity contribution in [3.63, 3.8) is 0 Å². The molecular weight excluding hydrogens is 256 g/mol. The van der Waals surface area contributed by atoms with Crippen molar-refractivity contribution in [2.75, 3.05) is 18.8 Å². The Morgan fingerprint density at radius 3 is 2.89 bits per heavy atom. The highest BCUT2D eigenvalue weighted by molar-refractivity contribution is 7.99. The van der Waals surface area contributed by atoms with Crippen molar-refractivity contribution in [2.45, 2.75) is 32.6 Å². The standard InChI is InChI=1S/C15H24N2OS/c1-4-16-13(3)9-17-15(18)11-19-10-14-7-5-6-12(2)8-14/h5-8,13,16H,4,9-11H2,1-3H3,(H,17,18)/t13-/m1/s1. The SMILES string of the molecule is CCN[C@H](C)CNC(=O)CSCc1cccc(C)c1. The first kappa shape index (κ1) is 16.1. The van der Waals surface area contributed by atoms with E-state index >= 15 is 0 Å². The van der Waals surface area contributed by atoms with E-state index in [1.165, 1.54) is 11.1 Å². The van der Waals surface area contributed by atoms with Crippen molar-refractivity contribution in [1.29, 1.82) is 0 Å². The van der Waals surface area contributed by atoms with E-state index in [9.17, 15) is 4.79 Å². The maximum Gasteiger partial charge on any atom is 0.230 e. The summed E-state index contributed by atoms with van der Waals surface area (Å²) < 4.78 is 0. The summed E-state index contributed by atoms with van der Waals surface area (Å²) in [6.45, 7) is 7.85. The Bertz CT molecular complexity index is 395. The molecule has 0 aliphatic heterocycles. The number of hydrogen-bond acceptors (Lipinski definition) is 3. The molecule has 3 nitrogen and oxygen atoms in total. The summed E-state index contributed by atoms with van der Waals surface area (Å²) in [4.78, 5) is 11.6. The molecule has 0 saturated heterocycles. The molecule has 0 radical (unpaired) electrons.